The maximum atomic E-state index is 12.6. The molecule has 2 aromatic rings. The number of fused-ring (bicyclic) bond motifs is 2. The number of nitrogen functional groups attached to an aromatic ring is 2. The van der Waals surface area contributed by atoms with Gasteiger partial charge in [-0.05, 0) is 12.1 Å². The number of hydrogen-bond acceptors (Lipinski definition) is 6. The number of nitro groups is 1. The van der Waals surface area contributed by atoms with E-state index in [0.717, 1.165) is 6.07 Å². The summed E-state index contributed by atoms with van der Waals surface area (Å²) in [6, 6.07) is 6.82. The van der Waals surface area contributed by atoms with Crippen LogP contribution in [0.25, 0.3) is 0 Å². The molecule has 0 spiro atoms. The first-order valence-corrected chi connectivity index (χ1v) is 5.98. The van der Waals surface area contributed by atoms with Gasteiger partial charge in [-0.1, -0.05) is 12.1 Å². The number of nitrogens with zero attached hydrogens (tertiary/aromatic N) is 1. The number of anilines is 2. The number of nitro benzene ring substituents is 1. The van der Waals surface area contributed by atoms with Crippen LogP contribution in [0.1, 0.15) is 31.8 Å². The second kappa shape index (κ2) is 4.14. The predicted octanol–water partition coefficient (Wildman–Crippen LogP) is 1.53. The standard InChI is InChI=1S/C14H9N3O4/c15-7-3-1-2-6-10(7)14(19)12-9(17(20)21)5-4-8(16)11(12)13(6)18/h1-5H,15-16H2. The van der Waals surface area contributed by atoms with Gasteiger partial charge in [-0.25, -0.2) is 0 Å². The largest absolute Gasteiger partial charge is 0.398 e. The SMILES string of the molecule is Nc1cccc2c1C(=O)c1c([N+](=O)[O-])ccc(N)c1C2=O. The highest BCUT2D eigenvalue weighted by atomic mass is 16.6. The van der Waals surface area contributed by atoms with Gasteiger partial charge in [0.2, 0.25) is 5.78 Å². The summed E-state index contributed by atoms with van der Waals surface area (Å²) in [6.45, 7) is 0. The van der Waals surface area contributed by atoms with Crippen molar-refractivity contribution in [1.82, 2.24) is 0 Å². The van der Waals surface area contributed by atoms with E-state index in [4.69, 9.17) is 11.5 Å². The van der Waals surface area contributed by atoms with Gasteiger partial charge >= 0.3 is 0 Å². The van der Waals surface area contributed by atoms with Crippen LogP contribution in [0.15, 0.2) is 30.3 Å². The van der Waals surface area contributed by atoms with Crippen molar-refractivity contribution in [3.8, 4) is 0 Å². The zero-order valence-electron chi connectivity index (χ0n) is 10.6. The average molecular weight is 283 g/mol. The van der Waals surface area contributed by atoms with Gasteiger partial charge in [0.05, 0.1) is 16.1 Å². The highest BCUT2D eigenvalue weighted by Gasteiger charge is 2.38. The fourth-order valence-corrected chi connectivity index (χ4v) is 2.51. The molecule has 0 aromatic heterocycles. The number of carbonyl (C=O) groups excluding carboxylic acids is 2. The molecular weight excluding hydrogens is 274 g/mol. The summed E-state index contributed by atoms with van der Waals surface area (Å²) in [5.74, 6) is -1.19. The zero-order chi connectivity index (χ0) is 15.3. The van der Waals surface area contributed by atoms with Gasteiger partial charge in [0, 0.05) is 23.0 Å². The highest BCUT2D eigenvalue weighted by molar-refractivity contribution is 6.32. The Hall–Kier alpha value is -3.22. The number of nitrogens with two attached hydrogens (primary N) is 2. The Bertz CT molecular complexity index is 842. The van der Waals surface area contributed by atoms with Crippen LogP contribution in [0, 0.1) is 10.1 Å². The van der Waals surface area contributed by atoms with Crippen LogP contribution >= 0.6 is 0 Å². The summed E-state index contributed by atoms with van der Waals surface area (Å²) < 4.78 is 0. The summed E-state index contributed by atoms with van der Waals surface area (Å²) in [5, 5.41) is 11.1. The molecule has 1 aliphatic rings. The van der Waals surface area contributed by atoms with Crippen LogP contribution in [0.5, 0.6) is 0 Å². The second-order valence-electron chi connectivity index (χ2n) is 4.61. The van der Waals surface area contributed by atoms with E-state index in [9.17, 15) is 19.7 Å². The van der Waals surface area contributed by atoms with Gasteiger partial charge in [-0.15, -0.1) is 0 Å². The molecule has 0 bridgehead atoms. The Balaban J connectivity index is 2.44. The first kappa shape index (κ1) is 12.8. The topological polar surface area (TPSA) is 129 Å². The van der Waals surface area contributed by atoms with E-state index in [1.807, 2.05) is 0 Å². The van der Waals surface area contributed by atoms with E-state index >= 15 is 0 Å². The van der Waals surface area contributed by atoms with Crippen LogP contribution in [0.4, 0.5) is 17.1 Å². The molecule has 1 aliphatic carbocycles. The Kier molecular flexibility index (Phi) is 2.52. The Morgan fingerprint density at radius 3 is 2.19 bits per heavy atom. The minimum atomic E-state index is -0.715. The molecule has 0 unspecified atom stereocenters. The van der Waals surface area contributed by atoms with Crippen LogP contribution in [-0.4, -0.2) is 16.5 Å². The summed E-state index contributed by atoms with van der Waals surface area (Å²) >= 11 is 0. The number of benzene rings is 2. The fourth-order valence-electron chi connectivity index (χ4n) is 2.51. The molecule has 0 atom stereocenters. The van der Waals surface area contributed by atoms with Gasteiger partial charge < -0.3 is 11.5 Å². The molecule has 3 rings (SSSR count). The quantitative estimate of drug-likeness (QED) is 0.396. The molecule has 0 amide bonds. The van der Waals surface area contributed by atoms with Gasteiger partial charge in [0.25, 0.3) is 5.69 Å². The van der Waals surface area contributed by atoms with Crippen molar-refractivity contribution in [2.75, 3.05) is 11.5 Å². The number of carbonyl (C=O) groups is 2. The molecule has 21 heavy (non-hydrogen) atoms. The van der Waals surface area contributed by atoms with Crippen LogP contribution < -0.4 is 11.5 Å². The van der Waals surface area contributed by atoms with Crippen molar-refractivity contribution in [3.05, 3.63) is 62.7 Å². The molecular formula is C14H9N3O4. The molecule has 4 N–H and O–H groups in total. The summed E-state index contributed by atoms with van der Waals surface area (Å²) in [6.07, 6.45) is 0. The molecule has 7 nitrogen and oxygen atoms in total. The molecule has 0 heterocycles. The molecule has 0 radical (unpaired) electrons. The van der Waals surface area contributed by atoms with Crippen molar-refractivity contribution < 1.29 is 14.5 Å². The van der Waals surface area contributed by atoms with Crippen LogP contribution in [0.3, 0.4) is 0 Å². The first-order chi connectivity index (χ1) is 9.93. The summed E-state index contributed by atoms with van der Waals surface area (Å²) in [5.41, 5.74) is 10.8. The average Bonchev–Trinajstić information content (AvgIpc) is 2.44. The monoisotopic (exact) mass is 283 g/mol. The van der Waals surface area contributed by atoms with E-state index in [1.54, 1.807) is 0 Å². The van der Waals surface area contributed by atoms with Crippen LogP contribution in [0.2, 0.25) is 0 Å². The second-order valence-corrected chi connectivity index (χ2v) is 4.61. The molecule has 2 aromatic carbocycles. The van der Waals surface area contributed by atoms with E-state index < -0.39 is 22.2 Å². The van der Waals surface area contributed by atoms with E-state index in [2.05, 4.69) is 0 Å². The number of ketones is 2. The van der Waals surface area contributed by atoms with Crippen molar-refractivity contribution in [3.63, 3.8) is 0 Å². The van der Waals surface area contributed by atoms with Crippen molar-refractivity contribution in [1.29, 1.82) is 0 Å². The smallest absolute Gasteiger partial charge is 0.281 e. The minimum Gasteiger partial charge on any atom is -0.398 e. The normalized spacial score (nSPS) is 12.8. The molecule has 0 aliphatic heterocycles. The number of hydrogen-bond donors (Lipinski definition) is 2. The number of rotatable bonds is 1. The fraction of sp³-hybridized carbons (Fsp3) is 0. The Morgan fingerprint density at radius 1 is 0.857 bits per heavy atom. The molecule has 7 heteroatoms. The third kappa shape index (κ3) is 1.61. The van der Waals surface area contributed by atoms with Crippen molar-refractivity contribution in [2.45, 2.75) is 0 Å². The lowest BCUT2D eigenvalue weighted by molar-refractivity contribution is -0.385. The lowest BCUT2D eigenvalue weighted by atomic mass is 9.81. The van der Waals surface area contributed by atoms with E-state index in [-0.39, 0.29) is 33.6 Å². The Labute approximate surface area is 118 Å². The molecule has 104 valence electrons. The molecule has 0 saturated carbocycles. The Morgan fingerprint density at radius 2 is 1.52 bits per heavy atom. The third-order valence-corrected chi connectivity index (χ3v) is 3.43. The maximum Gasteiger partial charge on any atom is 0.281 e. The third-order valence-electron chi connectivity index (χ3n) is 3.43. The summed E-state index contributed by atoms with van der Waals surface area (Å²) in [7, 11) is 0. The van der Waals surface area contributed by atoms with E-state index in [1.165, 1.54) is 24.3 Å². The summed E-state index contributed by atoms with van der Waals surface area (Å²) in [4.78, 5) is 35.4. The van der Waals surface area contributed by atoms with Gasteiger partial charge in [0.1, 0.15) is 5.56 Å². The van der Waals surface area contributed by atoms with Gasteiger partial charge in [-0.3, -0.25) is 19.7 Å². The predicted molar refractivity (Wildman–Crippen MR) is 75.2 cm³/mol. The first-order valence-electron chi connectivity index (χ1n) is 5.98. The molecule has 0 saturated heterocycles. The van der Waals surface area contributed by atoms with Crippen LogP contribution in [-0.2, 0) is 0 Å². The van der Waals surface area contributed by atoms with Gasteiger partial charge in [-0.2, -0.15) is 0 Å². The van der Waals surface area contributed by atoms with Crippen molar-refractivity contribution >= 4 is 28.6 Å². The highest BCUT2D eigenvalue weighted by Crippen LogP contribution is 2.37. The molecule has 0 fully saturated rings. The van der Waals surface area contributed by atoms with E-state index in [0.29, 0.717) is 0 Å². The lowest BCUT2D eigenvalue weighted by Gasteiger charge is -2.19. The lowest BCUT2D eigenvalue weighted by Crippen LogP contribution is -2.24. The van der Waals surface area contributed by atoms with Gasteiger partial charge in [0.15, 0.2) is 5.78 Å². The zero-order valence-corrected chi connectivity index (χ0v) is 10.6. The van der Waals surface area contributed by atoms with Crippen molar-refractivity contribution in [2.24, 2.45) is 0 Å². The minimum absolute atomic E-state index is 0.0105. The maximum absolute atomic E-state index is 12.6.